The summed E-state index contributed by atoms with van der Waals surface area (Å²) in [6.07, 6.45) is 4.51. The van der Waals surface area contributed by atoms with Gasteiger partial charge < -0.3 is 15.0 Å². The molecule has 1 fully saturated rings. The molecule has 1 aromatic heterocycles. The summed E-state index contributed by atoms with van der Waals surface area (Å²) in [6, 6.07) is 0. The van der Waals surface area contributed by atoms with Gasteiger partial charge in [0.05, 0.1) is 6.61 Å². The fourth-order valence-corrected chi connectivity index (χ4v) is 2.13. The molecule has 0 atom stereocenters. The van der Waals surface area contributed by atoms with Crippen LogP contribution in [0.5, 0.6) is 0 Å². The van der Waals surface area contributed by atoms with E-state index in [0.29, 0.717) is 19.1 Å². The van der Waals surface area contributed by atoms with Crippen molar-refractivity contribution in [2.45, 2.75) is 57.6 Å². The molecule has 5 nitrogen and oxygen atoms in total. The zero-order chi connectivity index (χ0) is 12.3. The maximum atomic E-state index is 6.19. The summed E-state index contributed by atoms with van der Waals surface area (Å²) in [4.78, 5) is 4.25. The molecule has 17 heavy (non-hydrogen) atoms. The molecule has 5 heteroatoms. The van der Waals surface area contributed by atoms with E-state index >= 15 is 0 Å². The van der Waals surface area contributed by atoms with Crippen LogP contribution >= 0.6 is 0 Å². The van der Waals surface area contributed by atoms with Gasteiger partial charge in [0.25, 0.3) is 5.89 Å². The molecular formula is C12H21N3O2. The SMILES string of the molecule is CC(C)c1noc(COCC2(N)CCCC2)n1. The third kappa shape index (κ3) is 3.26. The van der Waals surface area contributed by atoms with Crippen LogP contribution in [0.3, 0.4) is 0 Å². The molecule has 0 radical (unpaired) electrons. The maximum absolute atomic E-state index is 6.19. The smallest absolute Gasteiger partial charge is 0.252 e. The van der Waals surface area contributed by atoms with E-state index in [9.17, 15) is 0 Å². The molecule has 0 aliphatic heterocycles. The number of rotatable bonds is 5. The number of nitrogens with two attached hydrogens (primary N) is 1. The topological polar surface area (TPSA) is 74.2 Å². The summed E-state index contributed by atoms with van der Waals surface area (Å²) in [5, 5.41) is 3.89. The summed E-state index contributed by atoms with van der Waals surface area (Å²) in [5.74, 6) is 1.55. The van der Waals surface area contributed by atoms with Crippen LogP contribution < -0.4 is 5.73 Å². The van der Waals surface area contributed by atoms with Crippen molar-refractivity contribution in [1.29, 1.82) is 0 Å². The van der Waals surface area contributed by atoms with Gasteiger partial charge in [-0.15, -0.1) is 0 Å². The minimum atomic E-state index is -0.138. The van der Waals surface area contributed by atoms with Gasteiger partial charge in [-0.25, -0.2) is 0 Å². The second-order valence-electron chi connectivity index (χ2n) is 5.26. The number of hydrogen-bond donors (Lipinski definition) is 1. The summed E-state index contributed by atoms with van der Waals surface area (Å²) in [6.45, 7) is 5.00. The molecule has 0 bridgehead atoms. The van der Waals surface area contributed by atoms with Crippen molar-refractivity contribution >= 4 is 0 Å². The molecule has 2 N–H and O–H groups in total. The van der Waals surface area contributed by atoms with E-state index in [1.165, 1.54) is 12.8 Å². The monoisotopic (exact) mass is 239 g/mol. The molecule has 0 unspecified atom stereocenters. The van der Waals surface area contributed by atoms with Crippen LogP contribution in [0.25, 0.3) is 0 Å². The van der Waals surface area contributed by atoms with Gasteiger partial charge in [-0.05, 0) is 12.8 Å². The first-order chi connectivity index (χ1) is 8.09. The van der Waals surface area contributed by atoms with E-state index in [0.717, 1.165) is 18.7 Å². The van der Waals surface area contributed by atoms with E-state index in [1.54, 1.807) is 0 Å². The van der Waals surface area contributed by atoms with Crippen LogP contribution in [0.4, 0.5) is 0 Å². The second kappa shape index (κ2) is 5.14. The Morgan fingerprint density at radius 1 is 1.41 bits per heavy atom. The molecule has 0 saturated heterocycles. The third-order valence-electron chi connectivity index (χ3n) is 3.21. The fourth-order valence-electron chi connectivity index (χ4n) is 2.13. The Labute approximate surface area is 102 Å². The van der Waals surface area contributed by atoms with Crippen LogP contribution in [0.2, 0.25) is 0 Å². The highest BCUT2D eigenvalue weighted by Gasteiger charge is 2.29. The van der Waals surface area contributed by atoms with Gasteiger partial charge >= 0.3 is 0 Å². The van der Waals surface area contributed by atoms with Crippen LogP contribution in [-0.2, 0) is 11.3 Å². The lowest BCUT2D eigenvalue weighted by molar-refractivity contribution is 0.0588. The molecular weight excluding hydrogens is 218 g/mol. The first-order valence-corrected chi connectivity index (χ1v) is 6.28. The van der Waals surface area contributed by atoms with Gasteiger partial charge in [-0.2, -0.15) is 4.98 Å². The lowest BCUT2D eigenvalue weighted by Gasteiger charge is -2.22. The first-order valence-electron chi connectivity index (χ1n) is 6.28. The van der Waals surface area contributed by atoms with Gasteiger partial charge in [0, 0.05) is 11.5 Å². The van der Waals surface area contributed by atoms with Gasteiger partial charge in [0.2, 0.25) is 0 Å². The normalized spacial score (nSPS) is 19.1. The fraction of sp³-hybridized carbons (Fsp3) is 0.833. The molecule has 0 spiro atoms. The van der Waals surface area contributed by atoms with Crippen molar-refractivity contribution in [3.05, 3.63) is 11.7 Å². The van der Waals surface area contributed by atoms with E-state index in [-0.39, 0.29) is 11.5 Å². The molecule has 1 aromatic rings. The average Bonchev–Trinajstić information content (AvgIpc) is 2.88. The summed E-state index contributed by atoms with van der Waals surface area (Å²) < 4.78 is 10.7. The summed E-state index contributed by atoms with van der Waals surface area (Å²) in [7, 11) is 0. The highest BCUT2D eigenvalue weighted by atomic mass is 16.5. The summed E-state index contributed by atoms with van der Waals surface area (Å²) >= 11 is 0. The molecule has 96 valence electrons. The van der Waals surface area contributed by atoms with E-state index in [4.69, 9.17) is 15.0 Å². The third-order valence-corrected chi connectivity index (χ3v) is 3.21. The number of aromatic nitrogens is 2. The Morgan fingerprint density at radius 2 is 2.12 bits per heavy atom. The molecule has 0 amide bonds. The summed E-state index contributed by atoms with van der Waals surface area (Å²) in [5.41, 5.74) is 6.05. The highest BCUT2D eigenvalue weighted by molar-refractivity contribution is 4.91. The quantitative estimate of drug-likeness (QED) is 0.850. The zero-order valence-electron chi connectivity index (χ0n) is 10.6. The highest BCUT2D eigenvalue weighted by Crippen LogP contribution is 2.27. The maximum Gasteiger partial charge on any atom is 0.252 e. The Morgan fingerprint density at radius 3 is 2.71 bits per heavy atom. The van der Waals surface area contributed by atoms with Crippen molar-refractivity contribution in [2.24, 2.45) is 5.73 Å². The van der Waals surface area contributed by atoms with Crippen LogP contribution in [0.15, 0.2) is 4.52 Å². The largest absolute Gasteiger partial charge is 0.370 e. The van der Waals surface area contributed by atoms with Crippen molar-refractivity contribution in [3.63, 3.8) is 0 Å². The van der Waals surface area contributed by atoms with Crippen molar-refractivity contribution in [1.82, 2.24) is 10.1 Å². The number of hydrogen-bond acceptors (Lipinski definition) is 5. The molecule has 0 aromatic carbocycles. The Hall–Kier alpha value is -0.940. The van der Waals surface area contributed by atoms with E-state index < -0.39 is 0 Å². The molecule has 1 heterocycles. The van der Waals surface area contributed by atoms with Crippen molar-refractivity contribution in [3.8, 4) is 0 Å². The minimum Gasteiger partial charge on any atom is -0.370 e. The predicted octanol–water partition coefficient (Wildman–Crippen LogP) is 1.98. The van der Waals surface area contributed by atoms with Gasteiger partial charge in [0.1, 0.15) is 6.61 Å². The predicted molar refractivity (Wildman–Crippen MR) is 63.4 cm³/mol. The Bertz CT molecular complexity index is 356. The van der Waals surface area contributed by atoms with Crippen LogP contribution in [-0.4, -0.2) is 22.3 Å². The van der Waals surface area contributed by atoms with Gasteiger partial charge in [0.15, 0.2) is 5.82 Å². The number of ether oxygens (including phenoxy) is 1. The number of nitrogens with zero attached hydrogens (tertiary/aromatic N) is 2. The second-order valence-corrected chi connectivity index (χ2v) is 5.26. The first kappa shape index (κ1) is 12.5. The van der Waals surface area contributed by atoms with Crippen molar-refractivity contribution < 1.29 is 9.26 Å². The molecule has 2 rings (SSSR count). The van der Waals surface area contributed by atoms with E-state index in [1.807, 2.05) is 13.8 Å². The van der Waals surface area contributed by atoms with Crippen LogP contribution in [0.1, 0.15) is 57.2 Å². The lowest BCUT2D eigenvalue weighted by Crippen LogP contribution is -2.41. The van der Waals surface area contributed by atoms with Gasteiger partial charge in [-0.3, -0.25) is 0 Å². The molecule has 1 aliphatic rings. The standard InChI is InChI=1S/C12H21N3O2/c1-9(2)11-14-10(17-15-11)7-16-8-12(13)5-3-4-6-12/h9H,3-8,13H2,1-2H3. The average molecular weight is 239 g/mol. The lowest BCUT2D eigenvalue weighted by atomic mass is 10.0. The Kier molecular flexibility index (Phi) is 3.79. The minimum absolute atomic E-state index is 0.138. The zero-order valence-corrected chi connectivity index (χ0v) is 10.6. The van der Waals surface area contributed by atoms with Crippen molar-refractivity contribution in [2.75, 3.05) is 6.61 Å². The molecule has 1 aliphatic carbocycles. The van der Waals surface area contributed by atoms with Gasteiger partial charge in [-0.1, -0.05) is 31.8 Å². The molecule has 1 saturated carbocycles. The Balaban J connectivity index is 1.77. The van der Waals surface area contributed by atoms with E-state index in [2.05, 4.69) is 10.1 Å². The van der Waals surface area contributed by atoms with Crippen LogP contribution in [0, 0.1) is 0 Å².